The van der Waals surface area contributed by atoms with Crippen molar-refractivity contribution in [3.63, 3.8) is 0 Å². The molecule has 0 unspecified atom stereocenters. The Morgan fingerprint density at radius 1 is 1.14 bits per heavy atom. The first-order valence-electron chi connectivity index (χ1n) is 8.91. The number of sulfonamides is 1. The van der Waals surface area contributed by atoms with E-state index in [2.05, 4.69) is 5.32 Å². The number of methoxy groups -OCH3 is 2. The fraction of sp³-hybridized carbons (Fsp3) is 0.350. The lowest BCUT2D eigenvalue weighted by Gasteiger charge is -2.28. The molecule has 158 valence electrons. The van der Waals surface area contributed by atoms with Crippen molar-refractivity contribution in [3.8, 4) is 11.5 Å². The number of carbonyl (C=O) groups is 1. The molecule has 1 atom stereocenters. The number of benzene rings is 2. The smallest absolute Gasteiger partial charge is 0.243 e. The maximum absolute atomic E-state index is 12.6. The maximum Gasteiger partial charge on any atom is 0.243 e. The number of anilines is 1. The lowest BCUT2D eigenvalue weighted by molar-refractivity contribution is -0.121. The molecule has 0 saturated heterocycles. The van der Waals surface area contributed by atoms with Gasteiger partial charge in [-0.05, 0) is 49.2 Å². The Morgan fingerprint density at radius 3 is 2.41 bits per heavy atom. The first-order chi connectivity index (χ1) is 13.7. The summed E-state index contributed by atoms with van der Waals surface area (Å²) in [6.45, 7) is 1.87. The van der Waals surface area contributed by atoms with Crippen molar-refractivity contribution in [1.82, 2.24) is 5.32 Å². The lowest BCUT2D eigenvalue weighted by Crippen LogP contribution is -2.48. The Morgan fingerprint density at radius 2 is 1.83 bits per heavy atom. The van der Waals surface area contributed by atoms with Crippen LogP contribution in [0.15, 0.2) is 42.5 Å². The normalized spacial score (nSPS) is 12.2. The number of ether oxygens (including phenoxy) is 2. The molecule has 0 aliphatic heterocycles. The highest BCUT2D eigenvalue weighted by molar-refractivity contribution is 7.92. The molecule has 1 N–H and O–H groups in total. The molecule has 0 aliphatic rings. The number of nitrogens with one attached hydrogen (secondary N) is 1. The predicted octanol–water partition coefficient (Wildman–Crippen LogP) is 2.87. The van der Waals surface area contributed by atoms with Gasteiger partial charge in [0.05, 0.1) is 26.2 Å². The molecule has 0 bridgehead atoms. The van der Waals surface area contributed by atoms with Crippen molar-refractivity contribution < 1.29 is 22.7 Å². The largest absolute Gasteiger partial charge is 0.493 e. The van der Waals surface area contributed by atoms with Crippen LogP contribution in [0, 0.1) is 0 Å². The Hall–Kier alpha value is -2.45. The number of hydrogen-bond acceptors (Lipinski definition) is 5. The third-order valence-corrected chi connectivity index (χ3v) is 5.79. The summed E-state index contributed by atoms with van der Waals surface area (Å²) in [6, 6.07) is 11.0. The molecular weight excluding hydrogens is 416 g/mol. The zero-order valence-electron chi connectivity index (χ0n) is 16.8. The summed E-state index contributed by atoms with van der Waals surface area (Å²) < 4.78 is 36.1. The summed E-state index contributed by atoms with van der Waals surface area (Å²) in [5.74, 6) is 0.823. The fourth-order valence-electron chi connectivity index (χ4n) is 2.94. The standard InChI is InChI=1S/C20H25ClN2O5S/c1-14(23(29(4,25)26)17-7-5-6-16(21)13-17)20(24)22-11-10-15-8-9-18(27-2)19(12-15)28-3/h5-9,12-14H,10-11H2,1-4H3,(H,22,24)/t14-/m0/s1. The second-order valence-corrected chi connectivity index (χ2v) is 8.74. The number of hydrogen-bond donors (Lipinski definition) is 1. The van der Waals surface area contributed by atoms with Crippen LogP contribution in [0.4, 0.5) is 5.69 Å². The Balaban J connectivity index is 2.07. The minimum atomic E-state index is -3.69. The minimum absolute atomic E-state index is 0.336. The van der Waals surface area contributed by atoms with Crippen LogP contribution >= 0.6 is 11.6 Å². The van der Waals surface area contributed by atoms with Crippen LogP contribution in [0.5, 0.6) is 11.5 Å². The zero-order valence-corrected chi connectivity index (χ0v) is 18.4. The van der Waals surface area contributed by atoms with Gasteiger partial charge in [-0.15, -0.1) is 0 Å². The van der Waals surface area contributed by atoms with Crippen LogP contribution in [0.3, 0.4) is 0 Å². The monoisotopic (exact) mass is 440 g/mol. The molecule has 0 heterocycles. The van der Waals surface area contributed by atoms with E-state index in [-0.39, 0.29) is 0 Å². The summed E-state index contributed by atoms with van der Waals surface area (Å²) in [7, 11) is -0.571. The Labute approximate surface area is 176 Å². The van der Waals surface area contributed by atoms with Gasteiger partial charge in [-0.3, -0.25) is 9.10 Å². The topological polar surface area (TPSA) is 84.9 Å². The van der Waals surface area contributed by atoms with E-state index in [9.17, 15) is 13.2 Å². The Kier molecular flexibility index (Phi) is 7.75. The molecule has 0 saturated carbocycles. The van der Waals surface area contributed by atoms with Crippen LogP contribution in [-0.2, 0) is 21.2 Å². The fourth-order valence-corrected chi connectivity index (χ4v) is 4.29. The molecule has 2 rings (SSSR count). The van der Waals surface area contributed by atoms with E-state index in [1.54, 1.807) is 38.5 Å². The van der Waals surface area contributed by atoms with Gasteiger partial charge in [-0.1, -0.05) is 23.7 Å². The van der Waals surface area contributed by atoms with Gasteiger partial charge in [0.2, 0.25) is 15.9 Å². The van der Waals surface area contributed by atoms with Crippen molar-refractivity contribution in [1.29, 1.82) is 0 Å². The van der Waals surface area contributed by atoms with Gasteiger partial charge >= 0.3 is 0 Å². The lowest BCUT2D eigenvalue weighted by atomic mass is 10.1. The molecule has 9 heteroatoms. The average molecular weight is 441 g/mol. The highest BCUT2D eigenvalue weighted by Crippen LogP contribution is 2.27. The molecule has 0 radical (unpaired) electrons. The second-order valence-electron chi connectivity index (χ2n) is 6.45. The van der Waals surface area contributed by atoms with E-state index < -0.39 is 22.0 Å². The van der Waals surface area contributed by atoms with E-state index in [0.717, 1.165) is 16.1 Å². The highest BCUT2D eigenvalue weighted by Gasteiger charge is 2.29. The second kappa shape index (κ2) is 9.84. The third-order valence-electron chi connectivity index (χ3n) is 4.31. The number of halogens is 1. The number of rotatable bonds is 9. The molecule has 7 nitrogen and oxygen atoms in total. The Bertz CT molecular complexity index is 965. The van der Waals surface area contributed by atoms with Gasteiger partial charge in [-0.25, -0.2) is 8.42 Å². The van der Waals surface area contributed by atoms with Crippen molar-refractivity contribution in [2.24, 2.45) is 0 Å². The van der Waals surface area contributed by atoms with E-state index in [4.69, 9.17) is 21.1 Å². The highest BCUT2D eigenvalue weighted by atomic mass is 35.5. The van der Waals surface area contributed by atoms with E-state index >= 15 is 0 Å². The average Bonchev–Trinajstić information content (AvgIpc) is 2.66. The first kappa shape index (κ1) is 22.8. The molecule has 1 amide bonds. The quantitative estimate of drug-likeness (QED) is 0.648. The number of amides is 1. The molecule has 29 heavy (non-hydrogen) atoms. The molecule has 0 aliphatic carbocycles. The van der Waals surface area contributed by atoms with Gasteiger partial charge in [0, 0.05) is 11.6 Å². The van der Waals surface area contributed by atoms with Crippen LogP contribution in [0.2, 0.25) is 5.02 Å². The van der Waals surface area contributed by atoms with E-state index in [1.807, 2.05) is 12.1 Å². The summed E-state index contributed by atoms with van der Waals surface area (Å²) in [6.07, 6.45) is 1.61. The van der Waals surface area contributed by atoms with Crippen molar-refractivity contribution >= 4 is 33.2 Å². The van der Waals surface area contributed by atoms with E-state index in [1.165, 1.54) is 13.0 Å². The van der Waals surface area contributed by atoms with Gasteiger partial charge in [-0.2, -0.15) is 0 Å². The minimum Gasteiger partial charge on any atom is -0.493 e. The van der Waals surface area contributed by atoms with Crippen molar-refractivity contribution in [2.45, 2.75) is 19.4 Å². The SMILES string of the molecule is COc1ccc(CCNC(=O)[C@H](C)N(c2cccc(Cl)c2)S(C)(=O)=O)cc1OC. The number of carbonyl (C=O) groups excluding carboxylic acids is 1. The maximum atomic E-state index is 12.6. The molecular formula is C20H25ClN2O5S. The zero-order chi connectivity index (χ0) is 21.6. The van der Waals surface area contributed by atoms with Crippen LogP contribution in [0.1, 0.15) is 12.5 Å². The predicted molar refractivity (Wildman–Crippen MR) is 114 cm³/mol. The van der Waals surface area contributed by atoms with Crippen molar-refractivity contribution in [3.05, 3.63) is 53.1 Å². The summed E-state index contributed by atoms with van der Waals surface area (Å²) in [5.41, 5.74) is 1.29. The van der Waals surface area contributed by atoms with Gasteiger partial charge < -0.3 is 14.8 Å². The summed E-state index contributed by atoms with van der Waals surface area (Å²) >= 11 is 5.98. The van der Waals surface area contributed by atoms with Gasteiger partial charge in [0.25, 0.3) is 0 Å². The van der Waals surface area contributed by atoms with Crippen LogP contribution in [-0.4, -0.2) is 47.4 Å². The molecule has 2 aromatic carbocycles. The molecule has 2 aromatic rings. The first-order valence-corrected chi connectivity index (χ1v) is 11.1. The molecule has 0 spiro atoms. The third kappa shape index (κ3) is 6.01. The van der Waals surface area contributed by atoms with E-state index in [0.29, 0.717) is 35.2 Å². The molecule has 0 aromatic heterocycles. The van der Waals surface area contributed by atoms with Crippen LogP contribution < -0.4 is 19.1 Å². The summed E-state index contributed by atoms with van der Waals surface area (Å²) in [5, 5.41) is 3.17. The summed E-state index contributed by atoms with van der Waals surface area (Å²) in [4.78, 5) is 12.6. The van der Waals surface area contributed by atoms with Gasteiger partial charge in [0.15, 0.2) is 11.5 Å². The molecule has 0 fully saturated rings. The van der Waals surface area contributed by atoms with Crippen LogP contribution in [0.25, 0.3) is 0 Å². The number of nitrogens with zero attached hydrogens (tertiary/aromatic N) is 1. The van der Waals surface area contributed by atoms with Gasteiger partial charge in [0.1, 0.15) is 6.04 Å². The van der Waals surface area contributed by atoms with Crippen molar-refractivity contribution in [2.75, 3.05) is 31.3 Å².